The summed E-state index contributed by atoms with van der Waals surface area (Å²) in [6.07, 6.45) is -0.548. The lowest BCUT2D eigenvalue weighted by Gasteiger charge is -2.17. The summed E-state index contributed by atoms with van der Waals surface area (Å²) < 4.78 is 50.8. The van der Waals surface area contributed by atoms with Gasteiger partial charge in [-0.15, -0.1) is 0 Å². The van der Waals surface area contributed by atoms with Gasteiger partial charge in [-0.05, 0) is 13.8 Å². The molecule has 0 saturated carbocycles. The Morgan fingerprint density at radius 3 is 2.72 bits per heavy atom. The van der Waals surface area contributed by atoms with Crippen LogP contribution in [0.1, 0.15) is 35.1 Å². The molecule has 4 aromatic rings. The molecule has 5 rings (SSSR count). The van der Waals surface area contributed by atoms with Gasteiger partial charge in [0.15, 0.2) is 16.9 Å². The Labute approximate surface area is 203 Å². The molecule has 5 heterocycles. The van der Waals surface area contributed by atoms with Crippen LogP contribution in [0.15, 0.2) is 18.7 Å². The highest BCUT2D eigenvalue weighted by atomic mass is 19.4. The van der Waals surface area contributed by atoms with Crippen molar-refractivity contribution in [2.45, 2.75) is 39.1 Å². The van der Waals surface area contributed by atoms with E-state index in [1.807, 2.05) is 30.1 Å². The molecular formula is C22H24F3N9O2. The number of imidazole rings is 1. The molecule has 0 N–H and O–H groups in total. The average molecular weight is 503 g/mol. The molecular weight excluding hydrogens is 479 g/mol. The van der Waals surface area contributed by atoms with E-state index in [-0.39, 0.29) is 19.0 Å². The largest absolute Gasteiger partial charge is 0.471 e. The van der Waals surface area contributed by atoms with Crippen LogP contribution >= 0.6 is 0 Å². The summed E-state index contributed by atoms with van der Waals surface area (Å²) in [5.74, 6) is 0.170. The van der Waals surface area contributed by atoms with E-state index in [0.717, 1.165) is 28.7 Å². The molecule has 1 fully saturated rings. The first-order valence-corrected chi connectivity index (χ1v) is 11.4. The van der Waals surface area contributed by atoms with Gasteiger partial charge in [-0.1, -0.05) is 0 Å². The van der Waals surface area contributed by atoms with Gasteiger partial charge in [-0.25, -0.2) is 9.97 Å². The molecule has 36 heavy (non-hydrogen) atoms. The number of aryl methyl sites for hydroxylation is 3. The zero-order chi connectivity index (χ0) is 25.8. The van der Waals surface area contributed by atoms with E-state index in [9.17, 15) is 18.0 Å². The zero-order valence-corrected chi connectivity index (χ0v) is 20.1. The number of hydrogen-bond donors (Lipinski definition) is 0. The number of likely N-dealkylation sites (tertiary alicyclic amines) is 1. The van der Waals surface area contributed by atoms with Gasteiger partial charge in [-0.2, -0.15) is 28.4 Å². The summed E-state index contributed by atoms with van der Waals surface area (Å²) in [7, 11) is 3.18. The number of carbonyl (C=O) groups is 1. The Hall–Kier alpha value is -3.97. The van der Waals surface area contributed by atoms with E-state index in [1.165, 1.54) is 18.3 Å². The third-order valence-electron chi connectivity index (χ3n) is 6.30. The highest BCUT2D eigenvalue weighted by molar-refractivity contribution is 5.95. The number of alkyl halides is 3. The second kappa shape index (κ2) is 8.60. The topological polar surface area (TPSA) is 109 Å². The lowest BCUT2D eigenvalue weighted by molar-refractivity contribution is -0.141. The Balaban J connectivity index is 1.38. The lowest BCUT2D eigenvalue weighted by atomic mass is 10.2. The second-order valence-electron chi connectivity index (χ2n) is 8.65. The predicted molar refractivity (Wildman–Crippen MR) is 121 cm³/mol. The van der Waals surface area contributed by atoms with Crippen LogP contribution in [-0.4, -0.2) is 69.1 Å². The van der Waals surface area contributed by atoms with Crippen molar-refractivity contribution in [2.24, 2.45) is 14.1 Å². The van der Waals surface area contributed by atoms with Crippen molar-refractivity contribution in [3.8, 4) is 17.3 Å². The maximum absolute atomic E-state index is 13.3. The predicted octanol–water partition coefficient (Wildman–Crippen LogP) is 2.60. The van der Waals surface area contributed by atoms with Crippen LogP contribution in [0.25, 0.3) is 22.6 Å². The molecule has 0 radical (unpaired) electrons. The van der Waals surface area contributed by atoms with Crippen LogP contribution in [0, 0.1) is 6.92 Å². The Bertz CT molecular complexity index is 1450. The lowest BCUT2D eigenvalue weighted by Crippen LogP contribution is -2.32. The highest BCUT2D eigenvalue weighted by Crippen LogP contribution is 2.33. The fourth-order valence-electron chi connectivity index (χ4n) is 4.48. The molecule has 1 aliphatic heterocycles. The van der Waals surface area contributed by atoms with E-state index in [1.54, 1.807) is 6.20 Å². The average Bonchev–Trinajstić information content (AvgIpc) is 3.60. The number of halogens is 3. The van der Waals surface area contributed by atoms with Crippen LogP contribution in [0.2, 0.25) is 0 Å². The van der Waals surface area contributed by atoms with Gasteiger partial charge in [0.2, 0.25) is 5.88 Å². The Kier molecular flexibility index (Phi) is 5.68. The number of ether oxygens (including phenoxy) is 1. The molecule has 1 aliphatic rings. The summed E-state index contributed by atoms with van der Waals surface area (Å²) >= 11 is 0. The van der Waals surface area contributed by atoms with E-state index >= 15 is 0 Å². The maximum atomic E-state index is 13.3. The number of aromatic nitrogens is 8. The molecule has 4 aromatic heterocycles. The summed E-state index contributed by atoms with van der Waals surface area (Å²) in [5, 5.41) is 7.81. The smallest absolute Gasteiger partial charge is 0.435 e. The zero-order valence-electron chi connectivity index (χ0n) is 20.1. The number of nitrogens with zero attached hydrogens (tertiary/aromatic N) is 9. The summed E-state index contributed by atoms with van der Waals surface area (Å²) in [4.78, 5) is 27.5. The summed E-state index contributed by atoms with van der Waals surface area (Å²) in [5.41, 5.74) is 1.17. The van der Waals surface area contributed by atoms with E-state index < -0.39 is 29.4 Å². The summed E-state index contributed by atoms with van der Waals surface area (Å²) in [6.45, 7) is 5.05. The van der Waals surface area contributed by atoms with Crippen LogP contribution in [0.4, 0.5) is 13.2 Å². The number of fused-ring (bicyclic) bond motifs is 1. The maximum Gasteiger partial charge on any atom is 0.435 e. The van der Waals surface area contributed by atoms with Crippen molar-refractivity contribution in [2.75, 3.05) is 13.1 Å². The molecule has 1 saturated heterocycles. The molecule has 0 aromatic carbocycles. The first kappa shape index (κ1) is 23.8. The van der Waals surface area contributed by atoms with Crippen molar-refractivity contribution < 1.29 is 22.7 Å². The van der Waals surface area contributed by atoms with Crippen molar-refractivity contribution in [1.82, 2.24) is 44.0 Å². The van der Waals surface area contributed by atoms with E-state index in [0.29, 0.717) is 23.4 Å². The van der Waals surface area contributed by atoms with Crippen molar-refractivity contribution in [3.05, 3.63) is 35.7 Å². The van der Waals surface area contributed by atoms with Gasteiger partial charge in [-0.3, -0.25) is 14.2 Å². The molecule has 14 heteroatoms. The highest BCUT2D eigenvalue weighted by Gasteiger charge is 2.41. The van der Waals surface area contributed by atoms with Gasteiger partial charge in [0.25, 0.3) is 5.91 Å². The molecule has 0 unspecified atom stereocenters. The molecule has 1 amide bonds. The fourth-order valence-corrected chi connectivity index (χ4v) is 4.48. The van der Waals surface area contributed by atoms with Crippen molar-refractivity contribution in [3.63, 3.8) is 0 Å². The third-order valence-corrected chi connectivity index (χ3v) is 6.30. The van der Waals surface area contributed by atoms with Gasteiger partial charge in [0.05, 0.1) is 23.9 Å². The minimum absolute atomic E-state index is 0.110. The molecule has 0 bridgehead atoms. The van der Waals surface area contributed by atoms with Crippen molar-refractivity contribution >= 4 is 17.1 Å². The standard InChI is InChI=1S/C22H24F3N9O2/c1-5-34-12(2)14(8-28-34)18-29-16-19(32(18)4)26-11-27-20(16)36-13-6-7-33(9-13)21(35)15-10-31(3)30-17(15)22(23,24)25/h8,10-11,13H,5-7,9H2,1-4H3/t13-/m0/s1. The third kappa shape index (κ3) is 3.95. The van der Waals surface area contributed by atoms with E-state index in [2.05, 4.69) is 20.2 Å². The van der Waals surface area contributed by atoms with Crippen LogP contribution < -0.4 is 4.74 Å². The number of rotatable bonds is 5. The minimum Gasteiger partial charge on any atom is -0.471 e. The van der Waals surface area contributed by atoms with Crippen molar-refractivity contribution in [1.29, 1.82) is 0 Å². The van der Waals surface area contributed by atoms with Gasteiger partial charge >= 0.3 is 6.18 Å². The van der Waals surface area contributed by atoms with E-state index in [4.69, 9.17) is 9.72 Å². The number of hydrogen-bond acceptors (Lipinski definition) is 7. The number of amides is 1. The quantitative estimate of drug-likeness (QED) is 0.412. The molecule has 190 valence electrons. The Morgan fingerprint density at radius 1 is 1.25 bits per heavy atom. The van der Waals surface area contributed by atoms with Gasteiger partial charge in [0, 0.05) is 45.5 Å². The molecule has 1 atom stereocenters. The van der Waals surface area contributed by atoms with Crippen LogP contribution in [0.3, 0.4) is 0 Å². The van der Waals surface area contributed by atoms with Gasteiger partial charge in [0.1, 0.15) is 18.3 Å². The normalized spacial score (nSPS) is 16.3. The Morgan fingerprint density at radius 2 is 2.03 bits per heavy atom. The molecule has 0 aliphatic carbocycles. The second-order valence-corrected chi connectivity index (χ2v) is 8.65. The number of carbonyl (C=O) groups excluding carboxylic acids is 1. The monoisotopic (exact) mass is 503 g/mol. The van der Waals surface area contributed by atoms with Gasteiger partial charge < -0.3 is 14.2 Å². The van der Waals surface area contributed by atoms with Crippen LogP contribution in [0.5, 0.6) is 5.88 Å². The van der Waals surface area contributed by atoms with Crippen LogP contribution in [-0.2, 0) is 26.8 Å². The fraction of sp³-hybridized carbons (Fsp3) is 0.455. The SMILES string of the molecule is CCn1ncc(-c2nc3c(O[C@H]4CCN(C(=O)c5cn(C)nc5C(F)(F)F)C4)ncnc3n2C)c1C. The molecule has 11 nitrogen and oxygen atoms in total. The molecule has 0 spiro atoms. The first-order chi connectivity index (χ1) is 17.1. The first-order valence-electron chi connectivity index (χ1n) is 11.4. The minimum atomic E-state index is -4.73. The summed E-state index contributed by atoms with van der Waals surface area (Å²) in [6, 6.07) is 0.